The molecular weight excluding hydrogens is 214 g/mol. The van der Waals surface area contributed by atoms with Crippen LogP contribution >= 0.6 is 0 Å². The van der Waals surface area contributed by atoms with Gasteiger partial charge in [0.2, 0.25) is 0 Å². The highest BCUT2D eigenvalue weighted by Gasteiger charge is 2.19. The summed E-state index contributed by atoms with van der Waals surface area (Å²) in [7, 11) is 0. The van der Waals surface area contributed by atoms with Gasteiger partial charge in [0.15, 0.2) is 0 Å². The number of carbonyl (C=O) groups is 1. The average Bonchev–Trinajstić information content (AvgIpc) is 2.20. The molecule has 100 valence electrons. The minimum absolute atomic E-state index is 0.0233. The zero-order valence-electron chi connectivity index (χ0n) is 11.3. The molecule has 1 rings (SSSR count). The standard InChI is InChI=1S/C14H27NO2/c1-11(5-3-6-12(2)15)14(16)17-10-9-13-7-4-8-13/h11-13H,3-10,15H2,1-2H3. The van der Waals surface area contributed by atoms with Crippen molar-refractivity contribution in [3.63, 3.8) is 0 Å². The Morgan fingerprint density at radius 3 is 2.59 bits per heavy atom. The molecule has 0 heterocycles. The summed E-state index contributed by atoms with van der Waals surface area (Å²) in [5.41, 5.74) is 5.67. The minimum atomic E-state index is -0.0333. The van der Waals surface area contributed by atoms with E-state index >= 15 is 0 Å². The van der Waals surface area contributed by atoms with Gasteiger partial charge in [0.25, 0.3) is 0 Å². The predicted molar refractivity (Wildman–Crippen MR) is 69.6 cm³/mol. The Bertz CT molecular complexity index is 224. The quantitative estimate of drug-likeness (QED) is 0.665. The molecule has 3 heteroatoms. The molecule has 3 nitrogen and oxygen atoms in total. The van der Waals surface area contributed by atoms with Crippen molar-refractivity contribution in [2.24, 2.45) is 17.6 Å². The monoisotopic (exact) mass is 241 g/mol. The van der Waals surface area contributed by atoms with Crippen LogP contribution in [0.3, 0.4) is 0 Å². The Hall–Kier alpha value is -0.570. The molecule has 0 saturated heterocycles. The molecule has 0 amide bonds. The van der Waals surface area contributed by atoms with Gasteiger partial charge in [-0.2, -0.15) is 0 Å². The van der Waals surface area contributed by atoms with E-state index in [1.807, 2.05) is 13.8 Å². The molecule has 0 radical (unpaired) electrons. The largest absolute Gasteiger partial charge is 0.465 e. The Labute approximate surface area is 105 Å². The molecular formula is C14H27NO2. The fraction of sp³-hybridized carbons (Fsp3) is 0.929. The van der Waals surface area contributed by atoms with Crippen LogP contribution in [0.25, 0.3) is 0 Å². The van der Waals surface area contributed by atoms with Crippen LogP contribution in [-0.2, 0) is 9.53 Å². The molecule has 1 aliphatic carbocycles. The van der Waals surface area contributed by atoms with Crippen LogP contribution < -0.4 is 5.73 Å². The summed E-state index contributed by atoms with van der Waals surface area (Å²) in [5, 5.41) is 0. The molecule has 0 aromatic rings. The van der Waals surface area contributed by atoms with Gasteiger partial charge in [0.1, 0.15) is 0 Å². The molecule has 1 aliphatic rings. The van der Waals surface area contributed by atoms with Crippen LogP contribution in [0, 0.1) is 11.8 Å². The first kappa shape index (κ1) is 14.5. The summed E-state index contributed by atoms with van der Waals surface area (Å²) < 4.78 is 5.30. The van der Waals surface area contributed by atoms with E-state index in [9.17, 15) is 4.79 Å². The highest BCUT2D eigenvalue weighted by Crippen LogP contribution is 2.29. The topological polar surface area (TPSA) is 52.3 Å². The number of esters is 1. The fourth-order valence-corrected chi connectivity index (χ4v) is 2.11. The van der Waals surface area contributed by atoms with Gasteiger partial charge in [0.05, 0.1) is 12.5 Å². The van der Waals surface area contributed by atoms with Crippen LogP contribution in [-0.4, -0.2) is 18.6 Å². The molecule has 0 spiro atoms. The lowest BCUT2D eigenvalue weighted by Crippen LogP contribution is -2.20. The third-order valence-electron chi connectivity index (χ3n) is 3.69. The number of hydrogen-bond acceptors (Lipinski definition) is 3. The lowest BCUT2D eigenvalue weighted by atomic mass is 9.83. The SMILES string of the molecule is CC(N)CCCC(C)C(=O)OCCC1CCC1. The molecule has 2 N–H and O–H groups in total. The molecule has 0 bridgehead atoms. The van der Waals surface area contributed by atoms with E-state index in [4.69, 9.17) is 10.5 Å². The second kappa shape index (κ2) is 7.70. The first-order valence-corrected chi connectivity index (χ1v) is 7.01. The zero-order valence-corrected chi connectivity index (χ0v) is 11.3. The van der Waals surface area contributed by atoms with Crippen LogP contribution in [0.5, 0.6) is 0 Å². The van der Waals surface area contributed by atoms with Crippen LogP contribution in [0.4, 0.5) is 0 Å². The Kier molecular flexibility index (Phi) is 6.56. The second-order valence-electron chi connectivity index (χ2n) is 5.56. The van der Waals surface area contributed by atoms with Crippen molar-refractivity contribution in [3.8, 4) is 0 Å². The Morgan fingerprint density at radius 1 is 1.35 bits per heavy atom. The number of ether oxygens (including phenoxy) is 1. The second-order valence-corrected chi connectivity index (χ2v) is 5.56. The van der Waals surface area contributed by atoms with E-state index in [0.717, 1.165) is 31.6 Å². The maximum Gasteiger partial charge on any atom is 0.308 e. The summed E-state index contributed by atoms with van der Waals surface area (Å²) in [4.78, 5) is 11.7. The summed E-state index contributed by atoms with van der Waals surface area (Å²) in [6.45, 7) is 4.57. The smallest absolute Gasteiger partial charge is 0.308 e. The molecule has 0 aromatic carbocycles. The van der Waals surface area contributed by atoms with Crippen molar-refractivity contribution in [1.82, 2.24) is 0 Å². The fourth-order valence-electron chi connectivity index (χ4n) is 2.11. The van der Waals surface area contributed by atoms with Crippen LogP contribution in [0.1, 0.15) is 58.8 Å². The van der Waals surface area contributed by atoms with Crippen molar-refractivity contribution < 1.29 is 9.53 Å². The van der Waals surface area contributed by atoms with Gasteiger partial charge >= 0.3 is 5.97 Å². The van der Waals surface area contributed by atoms with Crippen LogP contribution in [0.2, 0.25) is 0 Å². The first-order valence-electron chi connectivity index (χ1n) is 7.01. The van der Waals surface area contributed by atoms with Crippen LogP contribution in [0.15, 0.2) is 0 Å². The lowest BCUT2D eigenvalue weighted by molar-refractivity contribution is -0.148. The molecule has 17 heavy (non-hydrogen) atoms. The average molecular weight is 241 g/mol. The molecule has 0 aromatic heterocycles. The van der Waals surface area contributed by atoms with Gasteiger partial charge in [-0.15, -0.1) is 0 Å². The van der Waals surface area contributed by atoms with Crippen molar-refractivity contribution in [3.05, 3.63) is 0 Å². The Morgan fingerprint density at radius 2 is 2.06 bits per heavy atom. The first-order chi connectivity index (χ1) is 8.09. The molecule has 2 atom stereocenters. The Balaban J connectivity index is 2.00. The highest BCUT2D eigenvalue weighted by atomic mass is 16.5. The van der Waals surface area contributed by atoms with Gasteiger partial charge < -0.3 is 10.5 Å². The molecule has 1 saturated carbocycles. The van der Waals surface area contributed by atoms with Crippen molar-refractivity contribution >= 4 is 5.97 Å². The van der Waals surface area contributed by atoms with Gasteiger partial charge in [-0.25, -0.2) is 0 Å². The van der Waals surface area contributed by atoms with E-state index < -0.39 is 0 Å². The summed E-state index contributed by atoms with van der Waals surface area (Å²) >= 11 is 0. The number of nitrogens with two attached hydrogens (primary N) is 1. The van der Waals surface area contributed by atoms with Gasteiger partial charge in [-0.05, 0) is 32.1 Å². The van der Waals surface area contributed by atoms with E-state index in [2.05, 4.69) is 0 Å². The summed E-state index contributed by atoms with van der Waals surface area (Å²) in [6.07, 6.45) is 7.94. The predicted octanol–water partition coefficient (Wildman–Crippen LogP) is 2.87. The van der Waals surface area contributed by atoms with Crippen molar-refractivity contribution in [2.45, 2.75) is 64.8 Å². The van der Waals surface area contributed by atoms with Gasteiger partial charge in [0, 0.05) is 6.04 Å². The third-order valence-corrected chi connectivity index (χ3v) is 3.69. The van der Waals surface area contributed by atoms with Gasteiger partial charge in [-0.1, -0.05) is 32.6 Å². The number of carbonyl (C=O) groups excluding carboxylic acids is 1. The maximum absolute atomic E-state index is 11.7. The van der Waals surface area contributed by atoms with E-state index in [1.54, 1.807) is 0 Å². The number of rotatable bonds is 8. The van der Waals surface area contributed by atoms with E-state index in [0.29, 0.717) is 6.61 Å². The third kappa shape index (κ3) is 6.06. The number of hydrogen-bond donors (Lipinski definition) is 1. The summed E-state index contributed by atoms with van der Waals surface area (Å²) in [5.74, 6) is 0.806. The molecule has 1 fully saturated rings. The lowest BCUT2D eigenvalue weighted by Gasteiger charge is -2.25. The van der Waals surface area contributed by atoms with E-state index in [1.165, 1.54) is 19.3 Å². The van der Waals surface area contributed by atoms with E-state index in [-0.39, 0.29) is 17.9 Å². The normalized spacial score (nSPS) is 19.5. The molecule has 0 aliphatic heterocycles. The molecule has 2 unspecified atom stereocenters. The van der Waals surface area contributed by atoms with Gasteiger partial charge in [-0.3, -0.25) is 4.79 Å². The summed E-state index contributed by atoms with van der Waals surface area (Å²) in [6, 6.07) is 0.233. The zero-order chi connectivity index (χ0) is 12.7. The minimum Gasteiger partial charge on any atom is -0.465 e. The van der Waals surface area contributed by atoms with Crippen molar-refractivity contribution in [2.75, 3.05) is 6.61 Å². The maximum atomic E-state index is 11.7. The van der Waals surface area contributed by atoms with Crippen molar-refractivity contribution in [1.29, 1.82) is 0 Å². The highest BCUT2D eigenvalue weighted by molar-refractivity contribution is 5.71.